The molecule has 3 fully saturated rings. The molecule has 0 aromatic rings. The van der Waals surface area contributed by atoms with Gasteiger partial charge in [0.25, 0.3) is 5.92 Å². The molecule has 2 bridgehead atoms. The van der Waals surface area contributed by atoms with Gasteiger partial charge in [-0.2, -0.15) is 0 Å². The van der Waals surface area contributed by atoms with E-state index in [2.05, 4.69) is 18.7 Å². The number of nitrogens with zero attached hydrogens (tertiary/aromatic N) is 1. The highest BCUT2D eigenvalue weighted by Gasteiger charge is 2.49. The average molecular weight is 302 g/mol. The van der Waals surface area contributed by atoms with Gasteiger partial charge in [-0.25, -0.2) is 8.78 Å². The number of rotatable bonds is 3. The molecule has 1 aliphatic heterocycles. The minimum absolute atomic E-state index is 0.0906. The summed E-state index contributed by atoms with van der Waals surface area (Å²) in [5, 5.41) is 0. The Kier molecular flexibility index (Phi) is 4.27. The molecule has 0 amide bonds. The lowest BCUT2D eigenvalue weighted by Gasteiger charge is -2.43. The Labute approximate surface area is 126 Å². The summed E-state index contributed by atoms with van der Waals surface area (Å²) in [5.41, 5.74) is 5.78. The van der Waals surface area contributed by atoms with E-state index in [9.17, 15) is 8.78 Å². The van der Waals surface area contributed by atoms with Crippen LogP contribution in [0.4, 0.5) is 8.78 Å². The number of ether oxygens (including phenoxy) is 1. The Morgan fingerprint density at radius 2 is 1.76 bits per heavy atom. The highest BCUT2D eigenvalue weighted by atomic mass is 19.3. The second-order valence-electron chi connectivity index (χ2n) is 7.46. The quantitative estimate of drug-likeness (QED) is 0.871. The first kappa shape index (κ1) is 15.6. The Morgan fingerprint density at radius 1 is 1.14 bits per heavy atom. The summed E-state index contributed by atoms with van der Waals surface area (Å²) in [6, 6.07) is -0.580. The summed E-state index contributed by atoms with van der Waals surface area (Å²) in [6.07, 6.45) is 3.12. The summed E-state index contributed by atoms with van der Waals surface area (Å²) in [4.78, 5) is 2.50. The number of alkyl halides is 2. The third kappa shape index (κ3) is 2.97. The van der Waals surface area contributed by atoms with E-state index in [-0.39, 0.29) is 12.5 Å². The molecule has 122 valence electrons. The van der Waals surface area contributed by atoms with E-state index >= 15 is 0 Å². The van der Waals surface area contributed by atoms with Crippen molar-refractivity contribution in [1.29, 1.82) is 0 Å². The number of hydrogen-bond acceptors (Lipinski definition) is 3. The third-order valence-electron chi connectivity index (χ3n) is 5.72. The van der Waals surface area contributed by atoms with Crippen molar-refractivity contribution < 1.29 is 13.5 Å². The molecule has 5 atom stereocenters. The van der Waals surface area contributed by atoms with Crippen molar-refractivity contribution in [1.82, 2.24) is 4.90 Å². The van der Waals surface area contributed by atoms with Crippen molar-refractivity contribution >= 4 is 0 Å². The normalized spacial score (nSPS) is 43.4. The van der Waals surface area contributed by atoms with Crippen molar-refractivity contribution in [3.63, 3.8) is 0 Å². The van der Waals surface area contributed by atoms with Crippen LogP contribution in [-0.2, 0) is 4.74 Å². The van der Waals surface area contributed by atoms with Gasteiger partial charge in [0.1, 0.15) is 0 Å². The van der Waals surface area contributed by atoms with Crippen molar-refractivity contribution in [2.45, 2.75) is 76.2 Å². The zero-order valence-corrected chi connectivity index (χ0v) is 13.1. The number of halogens is 2. The Bertz CT molecular complexity index is 363. The molecule has 1 saturated heterocycles. The smallest absolute Gasteiger partial charge is 0.265 e. The van der Waals surface area contributed by atoms with Gasteiger partial charge in [-0.05, 0) is 51.4 Å². The van der Waals surface area contributed by atoms with Crippen LogP contribution < -0.4 is 5.73 Å². The largest absolute Gasteiger partial charge is 0.372 e. The number of piperidine rings is 1. The maximum atomic E-state index is 13.8. The van der Waals surface area contributed by atoms with E-state index in [1.807, 2.05) is 0 Å². The van der Waals surface area contributed by atoms with Crippen LogP contribution in [0.5, 0.6) is 0 Å². The van der Waals surface area contributed by atoms with E-state index < -0.39 is 18.1 Å². The van der Waals surface area contributed by atoms with E-state index in [4.69, 9.17) is 10.5 Å². The number of fused-ring (bicyclic) bond motifs is 2. The van der Waals surface area contributed by atoms with E-state index in [1.165, 1.54) is 0 Å². The molecule has 3 aliphatic rings. The van der Waals surface area contributed by atoms with Gasteiger partial charge in [0.2, 0.25) is 0 Å². The van der Waals surface area contributed by atoms with Crippen LogP contribution in [-0.4, -0.2) is 48.2 Å². The van der Waals surface area contributed by atoms with Gasteiger partial charge in [0, 0.05) is 25.6 Å². The van der Waals surface area contributed by atoms with E-state index in [0.29, 0.717) is 30.7 Å². The van der Waals surface area contributed by atoms with Crippen LogP contribution in [0, 0.1) is 11.8 Å². The van der Waals surface area contributed by atoms with E-state index in [1.54, 1.807) is 0 Å². The molecule has 2 aliphatic carbocycles. The van der Waals surface area contributed by atoms with Gasteiger partial charge >= 0.3 is 0 Å². The topological polar surface area (TPSA) is 38.5 Å². The van der Waals surface area contributed by atoms with Gasteiger partial charge in [-0.3, -0.25) is 0 Å². The Hall–Kier alpha value is -0.260. The van der Waals surface area contributed by atoms with Crippen LogP contribution in [0.3, 0.4) is 0 Å². The fourth-order valence-corrected chi connectivity index (χ4v) is 4.36. The van der Waals surface area contributed by atoms with Crippen LogP contribution in [0.15, 0.2) is 0 Å². The fourth-order valence-electron chi connectivity index (χ4n) is 4.36. The van der Waals surface area contributed by atoms with Gasteiger partial charge in [-0.15, -0.1) is 0 Å². The lowest BCUT2D eigenvalue weighted by atomic mass is 9.88. The van der Waals surface area contributed by atoms with Crippen LogP contribution in [0.1, 0.15) is 46.0 Å². The second-order valence-corrected chi connectivity index (χ2v) is 7.46. The molecule has 2 N–H and O–H groups in total. The highest BCUT2D eigenvalue weighted by molar-refractivity contribution is 4.98. The Balaban J connectivity index is 1.64. The van der Waals surface area contributed by atoms with Gasteiger partial charge < -0.3 is 15.4 Å². The molecule has 1 heterocycles. The minimum Gasteiger partial charge on any atom is -0.372 e. The lowest BCUT2D eigenvalue weighted by molar-refractivity contribution is -0.155. The van der Waals surface area contributed by atoms with Crippen LogP contribution in [0.2, 0.25) is 0 Å². The molecule has 0 aromatic heterocycles. The summed E-state index contributed by atoms with van der Waals surface area (Å²) in [7, 11) is 0. The van der Waals surface area contributed by atoms with Gasteiger partial charge in [-0.1, -0.05) is 0 Å². The molecule has 0 aromatic carbocycles. The molecule has 0 radical (unpaired) electrons. The zero-order valence-electron chi connectivity index (χ0n) is 13.1. The first-order valence-electron chi connectivity index (χ1n) is 8.41. The standard InChI is InChI=1S/C16H28F2N2O/c1-10(2)20-8-11-5-6-12(9-20)14(11)21-13-4-3-7-16(17,18)15(13)19/h10-15H,3-9,19H2,1-2H3/t11-,12+,13-,14-,15+/m0/s1. The molecular weight excluding hydrogens is 274 g/mol. The maximum Gasteiger partial charge on any atom is 0.265 e. The molecule has 3 rings (SSSR count). The number of likely N-dealkylation sites (tertiary alicyclic amines) is 1. The summed E-state index contributed by atoms with van der Waals surface area (Å²) in [6.45, 7) is 6.52. The van der Waals surface area contributed by atoms with Crippen LogP contribution >= 0.6 is 0 Å². The number of nitrogens with two attached hydrogens (primary N) is 1. The molecule has 3 nitrogen and oxygen atoms in total. The molecule has 0 unspecified atom stereocenters. The highest BCUT2D eigenvalue weighted by Crippen LogP contribution is 2.42. The third-order valence-corrected chi connectivity index (χ3v) is 5.72. The molecule has 2 saturated carbocycles. The van der Waals surface area contributed by atoms with Crippen molar-refractivity contribution in [3.05, 3.63) is 0 Å². The van der Waals surface area contributed by atoms with Crippen molar-refractivity contribution in [3.8, 4) is 0 Å². The minimum atomic E-state index is -2.76. The monoisotopic (exact) mass is 302 g/mol. The van der Waals surface area contributed by atoms with Crippen molar-refractivity contribution in [2.75, 3.05) is 13.1 Å². The molecule has 0 spiro atoms. The predicted molar refractivity (Wildman–Crippen MR) is 78.4 cm³/mol. The second kappa shape index (κ2) is 5.74. The first-order valence-corrected chi connectivity index (χ1v) is 8.41. The summed E-state index contributed by atoms with van der Waals surface area (Å²) < 4.78 is 33.7. The molecular formula is C16H28F2N2O. The number of hydrogen-bond donors (Lipinski definition) is 1. The summed E-state index contributed by atoms with van der Waals surface area (Å²) >= 11 is 0. The summed E-state index contributed by atoms with van der Waals surface area (Å²) in [5.74, 6) is -1.77. The van der Waals surface area contributed by atoms with Crippen LogP contribution in [0.25, 0.3) is 0 Å². The van der Waals surface area contributed by atoms with E-state index in [0.717, 1.165) is 25.9 Å². The zero-order chi connectivity index (χ0) is 15.2. The predicted octanol–water partition coefficient (Wildman–Crippen LogP) is 2.64. The van der Waals surface area contributed by atoms with Gasteiger partial charge in [0.15, 0.2) is 0 Å². The average Bonchev–Trinajstić information content (AvgIpc) is 2.65. The molecule has 5 heteroatoms. The lowest BCUT2D eigenvalue weighted by Crippen LogP contribution is -2.56. The maximum absolute atomic E-state index is 13.8. The van der Waals surface area contributed by atoms with Gasteiger partial charge in [0.05, 0.1) is 18.2 Å². The molecule has 21 heavy (non-hydrogen) atoms. The SMILES string of the molecule is CC(C)N1C[C@H]2CC[C@@H](C1)[C@@H]2O[C@H]1CCCC(F)(F)[C@@H]1N. The fraction of sp³-hybridized carbons (Fsp3) is 1.00. The Morgan fingerprint density at radius 3 is 2.33 bits per heavy atom. The first-order chi connectivity index (χ1) is 9.88. The van der Waals surface area contributed by atoms with Crippen molar-refractivity contribution in [2.24, 2.45) is 17.6 Å².